The number of hydrogen-bond acceptors (Lipinski definition) is 4. The highest BCUT2D eigenvalue weighted by Crippen LogP contribution is 2.30. The molecule has 1 atom stereocenters. The van der Waals surface area contributed by atoms with Crippen LogP contribution in [0, 0.1) is 5.92 Å². The Morgan fingerprint density at radius 1 is 1.03 bits per heavy atom. The van der Waals surface area contributed by atoms with Crippen molar-refractivity contribution in [1.82, 2.24) is 5.32 Å². The van der Waals surface area contributed by atoms with Gasteiger partial charge in [0.05, 0.1) is 11.7 Å². The Hall–Kier alpha value is -2.86. The summed E-state index contributed by atoms with van der Waals surface area (Å²) in [5, 5.41) is 5.85. The first kappa shape index (κ1) is 19.5. The third kappa shape index (κ3) is 5.35. The first-order valence-electron chi connectivity index (χ1n) is 10.2. The highest BCUT2D eigenvalue weighted by Gasteiger charge is 2.29. The van der Waals surface area contributed by atoms with Gasteiger partial charge in [0, 0.05) is 24.8 Å². The zero-order valence-electron chi connectivity index (χ0n) is 16.4. The van der Waals surface area contributed by atoms with Gasteiger partial charge in [-0.15, -0.1) is 0 Å². The first-order valence-corrected chi connectivity index (χ1v) is 10.2. The quantitative estimate of drug-likeness (QED) is 0.718. The Morgan fingerprint density at radius 3 is 2.55 bits per heavy atom. The molecule has 2 amide bonds. The maximum atomic E-state index is 12.6. The molecule has 0 radical (unpaired) electrons. The van der Waals surface area contributed by atoms with Crippen LogP contribution < -0.4 is 15.4 Å². The van der Waals surface area contributed by atoms with Crippen molar-refractivity contribution in [1.29, 1.82) is 0 Å². The van der Waals surface area contributed by atoms with Crippen molar-refractivity contribution < 1.29 is 19.1 Å². The molecule has 1 heterocycles. The molecule has 1 unspecified atom stereocenters. The molecule has 0 aromatic heterocycles. The third-order valence-corrected chi connectivity index (χ3v) is 5.20. The van der Waals surface area contributed by atoms with Crippen LogP contribution in [-0.2, 0) is 16.1 Å². The summed E-state index contributed by atoms with van der Waals surface area (Å²) in [5.74, 6) is 0.653. The second kappa shape index (κ2) is 9.09. The first-order chi connectivity index (χ1) is 14.2. The Morgan fingerprint density at radius 2 is 1.83 bits per heavy atom. The van der Waals surface area contributed by atoms with E-state index in [1.165, 1.54) is 0 Å². The van der Waals surface area contributed by atoms with E-state index in [1.54, 1.807) is 12.1 Å². The number of rotatable bonds is 8. The number of carbonyl (C=O) groups excluding carboxylic acids is 2. The van der Waals surface area contributed by atoms with E-state index in [4.69, 9.17) is 9.47 Å². The predicted octanol–water partition coefficient (Wildman–Crippen LogP) is 3.52. The van der Waals surface area contributed by atoms with Gasteiger partial charge in [-0.2, -0.15) is 0 Å². The van der Waals surface area contributed by atoms with Crippen molar-refractivity contribution in [3.8, 4) is 5.75 Å². The number of ether oxygens (including phenoxy) is 2. The number of hydrogen-bond donors (Lipinski definition) is 2. The van der Waals surface area contributed by atoms with Crippen LogP contribution in [0.5, 0.6) is 5.75 Å². The highest BCUT2D eigenvalue weighted by atomic mass is 16.5. The van der Waals surface area contributed by atoms with Crippen LogP contribution >= 0.6 is 0 Å². The van der Waals surface area contributed by atoms with Crippen molar-refractivity contribution in [2.24, 2.45) is 5.92 Å². The fraction of sp³-hybridized carbons (Fsp3) is 0.391. The van der Waals surface area contributed by atoms with Gasteiger partial charge < -0.3 is 20.1 Å². The van der Waals surface area contributed by atoms with Gasteiger partial charge >= 0.3 is 0 Å². The summed E-state index contributed by atoms with van der Waals surface area (Å²) in [7, 11) is 0. The molecule has 152 valence electrons. The number of para-hydroxylation sites is 1. The minimum Gasteiger partial charge on any atom is -0.490 e. The molecule has 4 rings (SSSR count). The van der Waals surface area contributed by atoms with Crippen molar-refractivity contribution in [2.75, 3.05) is 18.5 Å². The van der Waals surface area contributed by atoms with E-state index in [1.807, 2.05) is 36.4 Å². The molecule has 1 saturated heterocycles. The lowest BCUT2D eigenvalue weighted by atomic mass is 10.1. The highest BCUT2D eigenvalue weighted by molar-refractivity contribution is 5.97. The van der Waals surface area contributed by atoms with E-state index in [0.717, 1.165) is 43.5 Å². The summed E-state index contributed by atoms with van der Waals surface area (Å²) in [6, 6.07) is 14.8. The number of carbonyl (C=O) groups is 2. The molecule has 1 saturated carbocycles. The van der Waals surface area contributed by atoms with Gasteiger partial charge in [-0.05, 0) is 55.5 Å². The Labute approximate surface area is 170 Å². The van der Waals surface area contributed by atoms with E-state index in [2.05, 4.69) is 10.6 Å². The van der Waals surface area contributed by atoms with Crippen LogP contribution in [0.1, 0.15) is 41.6 Å². The van der Waals surface area contributed by atoms with Crippen LogP contribution in [0.15, 0.2) is 48.5 Å². The Kier molecular flexibility index (Phi) is 6.10. The Balaban J connectivity index is 1.30. The van der Waals surface area contributed by atoms with Crippen molar-refractivity contribution in [3.05, 3.63) is 59.7 Å². The number of amides is 2. The molecule has 2 aromatic carbocycles. The molecule has 1 aliphatic heterocycles. The van der Waals surface area contributed by atoms with Gasteiger partial charge in [-0.25, -0.2) is 0 Å². The van der Waals surface area contributed by atoms with E-state index < -0.39 is 0 Å². The summed E-state index contributed by atoms with van der Waals surface area (Å²) < 4.78 is 11.4. The monoisotopic (exact) mass is 394 g/mol. The summed E-state index contributed by atoms with van der Waals surface area (Å²) in [6.45, 7) is 1.63. The van der Waals surface area contributed by atoms with Crippen molar-refractivity contribution in [2.45, 2.75) is 38.3 Å². The second-order valence-corrected chi connectivity index (χ2v) is 7.59. The van der Waals surface area contributed by atoms with E-state index >= 15 is 0 Å². The predicted molar refractivity (Wildman–Crippen MR) is 110 cm³/mol. The van der Waals surface area contributed by atoms with Gasteiger partial charge in [0.15, 0.2) is 0 Å². The molecule has 2 aromatic rings. The number of anilines is 1. The summed E-state index contributed by atoms with van der Waals surface area (Å²) >= 11 is 0. The maximum Gasteiger partial charge on any atom is 0.255 e. The fourth-order valence-electron chi connectivity index (χ4n) is 3.31. The smallest absolute Gasteiger partial charge is 0.255 e. The van der Waals surface area contributed by atoms with E-state index in [9.17, 15) is 9.59 Å². The number of benzene rings is 2. The largest absolute Gasteiger partial charge is 0.490 e. The summed E-state index contributed by atoms with van der Waals surface area (Å²) in [6.07, 6.45) is 4.11. The average Bonchev–Trinajstić information content (AvgIpc) is 3.48. The average molecular weight is 394 g/mol. The van der Waals surface area contributed by atoms with Crippen LogP contribution in [-0.4, -0.2) is 31.1 Å². The molecule has 0 spiro atoms. The zero-order valence-corrected chi connectivity index (χ0v) is 16.4. The third-order valence-electron chi connectivity index (χ3n) is 5.20. The summed E-state index contributed by atoms with van der Waals surface area (Å²) in [4.78, 5) is 24.5. The van der Waals surface area contributed by atoms with Crippen LogP contribution in [0.4, 0.5) is 5.69 Å². The minimum atomic E-state index is -0.181. The molecule has 6 nitrogen and oxygen atoms in total. The van der Waals surface area contributed by atoms with Gasteiger partial charge in [-0.3, -0.25) is 9.59 Å². The lowest BCUT2D eigenvalue weighted by molar-refractivity contribution is -0.117. The van der Waals surface area contributed by atoms with Crippen molar-refractivity contribution >= 4 is 17.5 Å². The molecular formula is C23H26N2O4. The maximum absolute atomic E-state index is 12.6. The lowest BCUT2D eigenvalue weighted by Crippen LogP contribution is -2.24. The van der Waals surface area contributed by atoms with Gasteiger partial charge in [0.25, 0.3) is 5.91 Å². The normalized spacial score (nSPS) is 18.3. The molecule has 6 heteroatoms. The number of nitrogens with one attached hydrogen (secondary N) is 2. The standard InChI is InChI=1S/C23H26N2O4/c26-22(17-9-10-17)25-18-11-7-16(8-12-18)14-24-23(27)20-5-1-2-6-21(20)29-15-19-4-3-13-28-19/h1-2,5-8,11-12,17,19H,3-4,9-10,13-15H2,(H,24,27)(H,25,26). The molecule has 2 aliphatic rings. The topological polar surface area (TPSA) is 76.7 Å². The van der Waals surface area contributed by atoms with Crippen LogP contribution in [0.3, 0.4) is 0 Å². The second-order valence-electron chi connectivity index (χ2n) is 7.59. The minimum absolute atomic E-state index is 0.0886. The van der Waals surface area contributed by atoms with Crippen LogP contribution in [0.25, 0.3) is 0 Å². The van der Waals surface area contributed by atoms with Gasteiger partial charge in [0.1, 0.15) is 12.4 Å². The zero-order chi connectivity index (χ0) is 20.1. The van der Waals surface area contributed by atoms with E-state index in [-0.39, 0.29) is 23.8 Å². The summed E-state index contributed by atoms with van der Waals surface area (Å²) in [5.41, 5.74) is 2.25. The van der Waals surface area contributed by atoms with E-state index in [0.29, 0.717) is 24.5 Å². The molecule has 2 fully saturated rings. The molecule has 2 N–H and O–H groups in total. The molecule has 0 bridgehead atoms. The fourth-order valence-corrected chi connectivity index (χ4v) is 3.31. The lowest BCUT2D eigenvalue weighted by Gasteiger charge is -2.14. The molecule has 1 aliphatic carbocycles. The molecular weight excluding hydrogens is 368 g/mol. The van der Waals surface area contributed by atoms with Crippen LogP contribution in [0.2, 0.25) is 0 Å². The molecule has 29 heavy (non-hydrogen) atoms. The Bertz CT molecular complexity index is 855. The van der Waals surface area contributed by atoms with Gasteiger partial charge in [0.2, 0.25) is 5.91 Å². The van der Waals surface area contributed by atoms with Gasteiger partial charge in [-0.1, -0.05) is 24.3 Å². The SMILES string of the molecule is O=C(NCc1ccc(NC(=O)C2CC2)cc1)c1ccccc1OCC1CCCO1. The van der Waals surface area contributed by atoms with Crippen molar-refractivity contribution in [3.63, 3.8) is 0 Å².